The zero-order chi connectivity index (χ0) is 21.8. The first-order chi connectivity index (χ1) is 14.6. The number of carbonyl (C=O) groups is 2. The summed E-state index contributed by atoms with van der Waals surface area (Å²) in [5.74, 6) is 0. The van der Waals surface area contributed by atoms with Gasteiger partial charge in [-0.15, -0.1) is 0 Å². The maximum Gasteiger partial charge on any atom is 0.491 e. The van der Waals surface area contributed by atoms with Crippen LogP contribution in [0.3, 0.4) is 0 Å². The molecule has 2 N–H and O–H groups in total. The second-order valence-electron chi connectivity index (χ2n) is 5.54. The predicted molar refractivity (Wildman–Crippen MR) is 110 cm³/mol. The fraction of sp³-hybridized carbons (Fsp3) is 0. The van der Waals surface area contributed by atoms with Crippen LogP contribution in [0.5, 0.6) is 0 Å². The standard InChI is InChI=1S/C10H7NO2.C6H4ClNO.C4H5BO3/c12-6-9-5-11-3-1-10(9)8-2-4-13-7-8;7-6-1-2-8-3-5(6)4-9;6-5(7)4-1-2-8-3-4/h1-7H;1-4H;1-3,6-7H. The monoisotopic (exact) mass is 426 g/mol. The normalized spacial score (nSPS) is 9.43. The average molecular weight is 427 g/mol. The van der Waals surface area contributed by atoms with Crippen LogP contribution in [0, 0.1) is 0 Å². The molecule has 0 saturated carbocycles. The summed E-state index contributed by atoms with van der Waals surface area (Å²) in [6, 6.07) is 6.66. The number of hydrogen-bond donors (Lipinski definition) is 2. The van der Waals surface area contributed by atoms with Crippen molar-refractivity contribution in [1.82, 2.24) is 9.97 Å². The van der Waals surface area contributed by atoms with Gasteiger partial charge < -0.3 is 18.9 Å². The molecule has 10 heteroatoms. The second kappa shape index (κ2) is 12.1. The van der Waals surface area contributed by atoms with Crippen molar-refractivity contribution < 1.29 is 28.5 Å². The van der Waals surface area contributed by atoms with Crippen molar-refractivity contribution in [3.8, 4) is 11.1 Å². The number of rotatable bonds is 4. The molecule has 0 atom stereocenters. The lowest BCUT2D eigenvalue weighted by Gasteiger charge is -1.98. The average Bonchev–Trinajstić information content (AvgIpc) is 3.49. The third kappa shape index (κ3) is 6.82. The molecule has 0 spiro atoms. The summed E-state index contributed by atoms with van der Waals surface area (Å²) in [5.41, 5.74) is 3.12. The van der Waals surface area contributed by atoms with E-state index >= 15 is 0 Å². The molecule has 0 unspecified atom stereocenters. The van der Waals surface area contributed by atoms with E-state index in [1.54, 1.807) is 30.9 Å². The van der Waals surface area contributed by atoms with Gasteiger partial charge >= 0.3 is 7.12 Å². The SMILES string of the molecule is O=Cc1cnccc1-c1ccoc1.O=Cc1cnccc1Cl.OB(O)c1ccoc1. The van der Waals surface area contributed by atoms with Gasteiger partial charge in [0.2, 0.25) is 0 Å². The van der Waals surface area contributed by atoms with Crippen LogP contribution in [-0.2, 0) is 0 Å². The molecule has 0 aromatic carbocycles. The molecule has 0 radical (unpaired) electrons. The molecule has 4 aromatic rings. The first-order valence-electron chi connectivity index (χ1n) is 8.41. The highest BCUT2D eigenvalue weighted by Gasteiger charge is 2.10. The number of pyridine rings is 2. The molecule has 0 aliphatic rings. The van der Waals surface area contributed by atoms with E-state index in [2.05, 4.69) is 14.4 Å². The largest absolute Gasteiger partial charge is 0.491 e. The van der Waals surface area contributed by atoms with Crippen molar-refractivity contribution in [2.24, 2.45) is 0 Å². The van der Waals surface area contributed by atoms with Crippen LogP contribution in [-0.4, -0.2) is 39.7 Å². The van der Waals surface area contributed by atoms with Crippen LogP contribution in [0.2, 0.25) is 5.02 Å². The van der Waals surface area contributed by atoms with Gasteiger partial charge in [-0.25, -0.2) is 0 Å². The first-order valence-corrected chi connectivity index (χ1v) is 8.79. The van der Waals surface area contributed by atoms with Crippen LogP contribution in [0.4, 0.5) is 0 Å². The lowest BCUT2D eigenvalue weighted by Crippen LogP contribution is -2.27. The summed E-state index contributed by atoms with van der Waals surface area (Å²) in [6.07, 6.45) is 13.5. The molecular formula is C20H16BClN2O6. The lowest BCUT2D eigenvalue weighted by atomic mass is 9.83. The van der Waals surface area contributed by atoms with E-state index in [-0.39, 0.29) is 0 Å². The quantitative estimate of drug-likeness (QED) is 0.377. The Bertz CT molecular complexity index is 1040. The summed E-state index contributed by atoms with van der Waals surface area (Å²) >= 11 is 5.55. The fourth-order valence-corrected chi connectivity index (χ4v) is 2.23. The van der Waals surface area contributed by atoms with E-state index in [9.17, 15) is 9.59 Å². The number of aldehydes is 2. The van der Waals surface area contributed by atoms with E-state index in [0.717, 1.165) is 17.4 Å². The molecule has 0 bridgehead atoms. The lowest BCUT2D eigenvalue weighted by molar-refractivity contribution is 0.111. The summed E-state index contributed by atoms with van der Waals surface area (Å²) in [7, 11) is -1.41. The smallest absolute Gasteiger partial charge is 0.473 e. The van der Waals surface area contributed by atoms with Crippen molar-refractivity contribution in [1.29, 1.82) is 0 Å². The molecule has 152 valence electrons. The number of carbonyl (C=O) groups excluding carboxylic acids is 2. The van der Waals surface area contributed by atoms with Crippen LogP contribution >= 0.6 is 11.6 Å². The maximum absolute atomic E-state index is 10.7. The Morgan fingerprint density at radius 1 is 0.867 bits per heavy atom. The summed E-state index contributed by atoms with van der Waals surface area (Å²) in [6.45, 7) is 0. The highest BCUT2D eigenvalue weighted by molar-refractivity contribution is 6.58. The Hall–Kier alpha value is -3.53. The third-order valence-electron chi connectivity index (χ3n) is 3.58. The van der Waals surface area contributed by atoms with Gasteiger partial charge in [0, 0.05) is 41.4 Å². The molecular weight excluding hydrogens is 410 g/mol. The van der Waals surface area contributed by atoms with Gasteiger partial charge in [-0.3, -0.25) is 19.6 Å². The number of nitrogens with zero attached hydrogens (tertiary/aromatic N) is 2. The molecule has 30 heavy (non-hydrogen) atoms. The predicted octanol–water partition coefficient (Wildman–Crippen LogP) is 2.66. The Morgan fingerprint density at radius 3 is 1.97 bits per heavy atom. The van der Waals surface area contributed by atoms with Crippen molar-refractivity contribution in [3.05, 3.63) is 90.3 Å². The highest BCUT2D eigenvalue weighted by atomic mass is 35.5. The topological polar surface area (TPSA) is 127 Å². The minimum atomic E-state index is -1.41. The summed E-state index contributed by atoms with van der Waals surface area (Å²) in [5, 5.41) is 17.3. The molecule has 0 aliphatic carbocycles. The molecule has 0 saturated heterocycles. The van der Waals surface area contributed by atoms with Crippen molar-refractivity contribution >= 4 is 36.8 Å². The van der Waals surface area contributed by atoms with E-state index in [1.165, 1.54) is 37.2 Å². The van der Waals surface area contributed by atoms with Gasteiger partial charge in [0.15, 0.2) is 12.6 Å². The van der Waals surface area contributed by atoms with Gasteiger partial charge in [-0.05, 0) is 29.8 Å². The van der Waals surface area contributed by atoms with Gasteiger partial charge in [-0.1, -0.05) is 11.6 Å². The van der Waals surface area contributed by atoms with E-state index in [1.807, 2.05) is 6.07 Å². The molecule has 4 heterocycles. The molecule has 0 fully saturated rings. The van der Waals surface area contributed by atoms with Crippen LogP contribution in [0.25, 0.3) is 11.1 Å². The number of halogens is 1. The minimum Gasteiger partial charge on any atom is -0.473 e. The van der Waals surface area contributed by atoms with Gasteiger partial charge in [0.25, 0.3) is 0 Å². The van der Waals surface area contributed by atoms with Gasteiger partial charge in [0.05, 0.1) is 35.6 Å². The van der Waals surface area contributed by atoms with Gasteiger partial charge in [0.1, 0.15) is 0 Å². The van der Waals surface area contributed by atoms with Gasteiger partial charge in [-0.2, -0.15) is 0 Å². The Kier molecular flexibility index (Phi) is 9.20. The van der Waals surface area contributed by atoms with E-state index < -0.39 is 7.12 Å². The molecule has 0 amide bonds. The van der Waals surface area contributed by atoms with Crippen LogP contribution < -0.4 is 5.46 Å². The Balaban J connectivity index is 0.000000167. The zero-order valence-electron chi connectivity index (χ0n) is 15.5. The fourth-order valence-electron chi connectivity index (χ4n) is 2.08. The Labute approximate surface area is 176 Å². The second-order valence-corrected chi connectivity index (χ2v) is 5.95. The van der Waals surface area contributed by atoms with E-state index in [0.29, 0.717) is 27.9 Å². The molecule has 8 nitrogen and oxygen atoms in total. The minimum absolute atomic E-state index is 0.380. The van der Waals surface area contributed by atoms with Crippen LogP contribution in [0.15, 0.2) is 82.9 Å². The van der Waals surface area contributed by atoms with Crippen molar-refractivity contribution in [2.45, 2.75) is 0 Å². The number of aromatic nitrogens is 2. The highest BCUT2D eigenvalue weighted by Crippen LogP contribution is 2.21. The summed E-state index contributed by atoms with van der Waals surface area (Å²) in [4.78, 5) is 28.3. The molecule has 0 aliphatic heterocycles. The molecule has 4 aromatic heterocycles. The number of furan rings is 2. The zero-order valence-corrected chi connectivity index (χ0v) is 16.2. The molecule has 4 rings (SSSR count). The van der Waals surface area contributed by atoms with Crippen LogP contribution in [0.1, 0.15) is 20.7 Å². The first kappa shape index (κ1) is 22.8. The van der Waals surface area contributed by atoms with E-state index in [4.69, 9.17) is 26.1 Å². The van der Waals surface area contributed by atoms with Crippen molar-refractivity contribution in [3.63, 3.8) is 0 Å². The number of hydrogen-bond acceptors (Lipinski definition) is 8. The van der Waals surface area contributed by atoms with Crippen molar-refractivity contribution in [2.75, 3.05) is 0 Å². The Morgan fingerprint density at radius 2 is 1.50 bits per heavy atom. The maximum atomic E-state index is 10.7. The summed E-state index contributed by atoms with van der Waals surface area (Å²) < 4.78 is 9.49. The third-order valence-corrected chi connectivity index (χ3v) is 3.92.